The maximum Gasteiger partial charge on any atom is 0.233 e. The smallest absolute Gasteiger partial charge is 0.233 e. The molecule has 0 bridgehead atoms. The molecule has 0 fully saturated rings. The van der Waals surface area contributed by atoms with E-state index in [4.69, 9.17) is 9.72 Å². The number of methoxy groups -OCH3 is 1. The van der Waals surface area contributed by atoms with Gasteiger partial charge in [0.25, 0.3) is 0 Å². The fourth-order valence-corrected chi connectivity index (χ4v) is 4.74. The molecule has 0 saturated carbocycles. The molecular formula is C26H21N3O2S. The summed E-state index contributed by atoms with van der Waals surface area (Å²) in [5.41, 5.74) is 2.78. The molecule has 32 heavy (non-hydrogen) atoms. The average Bonchev–Trinajstić information content (AvgIpc) is 3.26. The molecule has 0 spiro atoms. The van der Waals surface area contributed by atoms with E-state index in [1.807, 2.05) is 54.6 Å². The zero-order valence-corrected chi connectivity index (χ0v) is 18.4. The van der Waals surface area contributed by atoms with Crippen molar-refractivity contribution in [2.45, 2.75) is 13.0 Å². The Bertz CT molecular complexity index is 1390. The molecular weight excluding hydrogens is 418 g/mol. The van der Waals surface area contributed by atoms with Crippen LogP contribution in [0.2, 0.25) is 0 Å². The van der Waals surface area contributed by atoms with Crippen molar-refractivity contribution < 1.29 is 9.53 Å². The molecule has 5 rings (SSSR count). The SMILES string of the molecule is COc1ccc2sc(N(Cc3cccnc3)C(=O)Cc3cccc4ccccc34)nc2c1. The molecule has 2 aromatic heterocycles. The fraction of sp³-hybridized carbons (Fsp3) is 0.115. The first-order valence-corrected chi connectivity index (χ1v) is 11.1. The Kier molecular flexibility index (Phi) is 5.52. The number of aromatic nitrogens is 2. The Balaban J connectivity index is 1.52. The van der Waals surface area contributed by atoms with Gasteiger partial charge in [-0.2, -0.15) is 0 Å². The van der Waals surface area contributed by atoms with E-state index in [0.717, 1.165) is 37.9 Å². The summed E-state index contributed by atoms with van der Waals surface area (Å²) in [6, 6.07) is 23.9. The van der Waals surface area contributed by atoms with Gasteiger partial charge in [-0.25, -0.2) is 4.98 Å². The van der Waals surface area contributed by atoms with E-state index in [2.05, 4.69) is 23.2 Å². The van der Waals surface area contributed by atoms with Crippen LogP contribution in [-0.2, 0) is 17.8 Å². The van der Waals surface area contributed by atoms with Crippen molar-refractivity contribution in [1.82, 2.24) is 9.97 Å². The average molecular weight is 440 g/mol. The van der Waals surface area contributed by atoms with Gasteiger partial charge in [-0.1, -0.05) is 59.9 Å². The van der Waals surface area contributed by atoms with Crippen LogP contribution in [-0.4, -0.2) is 23.0 Å². The first kappa shape index (κ1) is 20.2. The van der Waals surface area contributed by atoms with Gasteiger partial charge in [-0.05, 0) is 40.1 Å². The number of hydrogen-bond donors (Lipinski definition) is 0. The number of thiazole rings is 1. The third-order valence-corrected chi connectivity index (χ3v) is 6.46. The molecule has 0 saturated heterocycles. The Hall–Kier alpha value is -3.77. The number of rotatable bonds is 6. The molecule has 0 aliphatic carbocycles. The number of nitrogens with zero attached hydrogens (tertiary/aromatic N) is 3. The largest absolute Gasteiger partial charge is 0.497 e. The van der Waals surface area contributed by atoms with Crippen molar-refractivity contribution in [3.8, 4) is 5.75 Å². The number of fused-ring (bicyclic) bond motifs is 2. The topological polar surface area (TPSA) is 55.3 Å². The van der Waals surface area contributed by atoms with Crippen LogP contribution in [0.4, 0.5) is 5.13 Å². The first-order chi connectivity index (χ1) is 15.7. The lowest BCUT2D eigenvalue weighted by Crippen LogP contribution is -2.31. The molecule has 2 heterocycles. The van der Waals surface area contributed by atoms with Gasteiger partial charge in [0.15, 0.2) is 5.13 Å². The Labute approximate surface area is 189 Å². The van der Waals surface area contributed by atoms with Gasteiger partial charge in [0.1, 0.15) is 5.75 Å². The number of carbonyl (C=O) groups is 1. The molecule has 0 aliphatic rings. The highest BCUT2D eigenvalue weighted by Crippen LogP contribution is 2.32. The lowest BCUT2D eigenvalue weighted by atomic mass is 10.0. The highest BCUT2D eigenvalue weighted by molar-refractivity contribution is 7.22. The molecule has 5 aromatic rings. The van der Waals surface area contributed by atoms with Crippen molar-refractivity contribution >= 4 is 43.4 Å². The van der Waals surface area contributed by atoms with Crippen molar-refractivity contribution in [2.75, 3.05) is 12.0 Å². The Morgan fingerprint density at radius 1 is 1.03 bits per heavy atom. The number of ether oxygens (including phenoxy) is 1. The Morgan fingerprint density at radius 3 is 2.75 bits per heavy atom. The van der Waals surface area contributed by atoms with E-state index in [1.54, 1.807) is 24.4 Å². The van der Waals surface area contributed by atoms with E-state index >= 15 is 0 Å². The van der Waals surface area contributed by atoms with E-state index in [1.165, 1.54) is 11.3 Å². The summed E-state index contributed by atoms with van der Waals surface area (Å²) in [6.07, 6.45) is 3.81. The number of amides is 1. The molecule has 0 aliphatic heterocycles. The highest BCUT2D eigenvalue weighted by Gasteiger charge is 2.21. The summed E-state index contributed by atoms with van der Waals surface area (Å²) in [5.74, 6) is 0.742. The van der Waals surface area contributed by atoms with Crippen LogP contribution in [0.1, 0.15) is 11.1 Å². The summed E-state index contributed by atoms with van der Waals surface area (Å²) in [4.78, 5) is 24.3. The van der Waals surface area contributed by atoms with E-state index in [0.29, 0.717) is 18.1 Å². The minimum absolute atomic E-state index is 0.00349. The standard InChI is InChI=1S/C26H21N3O2S/c1-31-21-11-12-24-23(15-21)28-26(32-24)29(17-18-6-5-13-27-16-18)25(30)14-20-9-4-8-19-7-2-3-10-22(19)20/h2-13,15-16H,14,17H2,1H3. The van der Waals surface area contributed by atoms with E-state index in [9.17, 15) is 4.79 Å². The van der Waals surface area contributed by atoms with Crippen molar-refractivity contribution in [3.05, 3.63) is 96.3 Å². The van der Waals surface area contributed by atoms with Crippen LogP contribution >= 0.6 is 11.3 Å². The minimum atomic E-state index is -0.00349. The molecule has 0 atom stereocenters. The zero-order chi connectivity index (χ0) is 21.9. The normalized spacial score (nSPS) is 11.0. The fourth-order valence-electron chi connectivity index (χ4n) is 3.78. The first-order valence-electron chi connectivity index (χ1n) is 10.3. The predicted octanol–water partition coefficient (Wildman–Crippen LogP) is 5.63. The van der Waals surface area contributed by atoms with Crippen molar-refractivity contribution in [2.24, 2.45) is 0 Å². The van der Waals surface area contributed by atoms with Crippen LogP contribution in [0.25, 0.3) is 21.0 Å². The quantitative estimate of drug-likeness (QED) is 0.344. The zero-order valence-electron chi connectivity index (χ0n) is 17.6. The molecule has 0 N–H and O–H groups in total. The number of pyridine rings is 1. The van der Waals surface area contributed by atoms with E-state index < -0.39 is 0 Å². The number of benzene rings is 3. The maximum absolute atomic E-state index is 13.6. The van der Waals surface area contributed by atoms with Gasteiger partial charge >= 0.3 is 0 Å². The Morgan fingerprint density at radius 2 is 1.91 bits per heavy atom. The molecule has 6 heteroatoms. The third kappa shape index (κ3) is 4.05. The lowest BCUT2D eigenvalue weighted by Gasteiger charge is -2.20. The molecule has 158 valence electrons. The van der Waals surface area contributed by atoms with Crippen molar-refractivity contribution in [1.29, 1.82) is 0 Å². The highest BCUT2D eigenvalue weighted by atomic mass is 32.1. The number of carbonyl (C=O) groups excluding carboxylic acids is 1. The van der Waals surface area contributed by atoms with Gasteiger partial charge in [0.05, 0.1) is 30.3 Å². The summed E-state index contributed by atoms with van der Waals surface area (Å²) in [5, 5.41) is 2.89. The summed E-state index contributed by atoms with van der Waals surface area (Å²) in [6.45, 7) is 0.411. The molecule has 5 nitrogen and oxygen atoms in total. The summed E-state index contributed by atoms with van der Waals surface area (Å²) >= 11 is 1.50. The second-order valence-corrected chi connectivity index (χ2v) is 8.50. The second-order valence-electron chi connectivity index (χ2n) is 7.49. The van der Waals surface area contributed by atoms with Gasteiger partial charge in [-0.3, -0.25) is 14.7 Å². The molecule has 3 aromatic carbocycles. The van der Waals surface area contributed by atoms with Crippen LogP contribution in [0.5, 0.6) is 5.75 Å². The number of hydrogen-bond acceptors (Lipinski definition) is 5. The molecule has 0 unspecified atom stereocenters. The summed E-state index contributed by atoms with van der Waals surface area (Å²) in [7, 11) is 1.64. The van der Waals surface area contributed by atoms with Gasteiger partial charge < -0.3 is 4.74 Å². The molecule has 0 radical (unpaired) electrons. The van der Waals surface area contributed by atoms with Gasteiger partial charge in [-0.15, -0.1) is 0 Å². The van der Waals surface area contributed by atoms with Crippen LogP contribution in [0.15, 0.2) is 85.2 Å². The van der Waals surface area contributed by atoms with E-state index in [-0.39, 0.29) is 5.91 Å². The maximum atomic E-state index is 13.6. The summed E-state index contributed by atoms with van der Waals surface area (Å²) < 4.78 is 6.34. The van der Waals surface area contributed by atoms with Gasteiger partial charge in [0.2, 0.25) is 5.91 Å². The second kappa shape index (κ2) is 8.77. The predicted molar refractivity (Wildman–Crippen MR) is 129 cm³/mol. The lowest BCUT2D eigenvalue weighted by molar-refractivity contribution is -0.118. The van der Waals surface area contributed by atoms with Crippen LogP contribution in [0, 0.1) is 0 Å². The monoisotopic (exact) mass is 439 g/mol. The van der Waals surface area contributed by atoms with Crippen molar-refractivity contribution in [3.63, 3.8) is 0 Å². The van der Waals surface area contributed by atoms with Gasteiger partial charge in [0, 0.05) is 18.5 Å². The molecule has 1 amide bonds. The number of anilines is 1. The third-order valence-electron chi connectivity index (χ3n) is 5.40. The van der Waals surface area contributed by atoms with Crippen LogP contribution < -0.4 is 9.64 Å². The van der Waals surface area contributed by atoms with Crippen LogP contribution in [0.3, 0.4) is 0 Å². The minimum Gasteiger partial charge on any atom is -0.497 e.